The molecule has 15 heavy (non-hydrogen) atoms. The molecule has 0 unspecified atom stereocenters. The van der Waals surface area contributed by atoms with Gasteiger partial charge in [-0.3, -0.25) is 4.68 Å². The fourth-order valence-electron chi connectivity index (χ4n) is 1.08. The molecule has 0 radical (unpaired) electrons. The van der Waals surface area contributed by atoms with Crippen LogP contribution in [0.25, 0.3) is 0 Å². The van der Waals surface area contributed by atoms with Gasteiger partial charge in [0, 0.05) is 12.6 Å². The van der Waals surface area contributed by atoms with E-state index in [0.717, 1.165) is 12.3 Å². The smallest absolute Gasteiger partial charge is 0.157 e. The quantitative estimate of drug-likeness (QED) is 0.560. The summed E-state index contributed by atoms with van der Waals surface area (Å²) in [6, 6.07) is 0.363. The molecule has 1 rings (SSSR count). The minimum absolute atomic E-state index is 0.363. The maximum atomic E-state index is 5.47. The number of aromatic nitrogens is 2. The zero-order chi connectivity index (χ0) is 11.1. The highest BCUT2D eigenvalue weighted by Gasteiger charge is 2.01. The molecule has 0 saturated heterocycles. The second-order valence-corrected chi connectivity index (χ2v) is 3.48. The Morgan fingerprint density at radius 1 is 1.67 bits per heavy atom. The fraction of sp³-hybridized carbons (Fsp3) is 0.545. The largest absolute Gasteiger partial charge is 0.489 e. The first-order valence-electron chi connectivity index (χ1n) is 5.05. The lowest BCUT2D eigenvalue weighted by Crippen LogP contribution is -2.21. The van der Waals surface area contributed by atoms with Gasteiger partial charge in [-0.2, -0.15) is 5.10 Å². The van der Waals surface area contributed by atoms with Gasteiger partial charge in [-0.15, -0.1) is 6.42 Å². The van der Waals surface area contributed by atoms with Crippen LogP contribution in [-0.4, -0.2) is 29.5 Å². The molecular formula is C11H17N3O. The van der Waals surface area contributed by atoms with Gasteiger partial charge in [0.2, 0.25) is 0 Å². The molecule has 0 bridgehead atoms. The third kappa shape index (κ3) is 4.05. The SMILES string of the molecule is C#CCNCCOc1cnn(C(C)C)c1. The van der Waals surface area contributed by atoms with Crippen molar-refractivity contribution in [2.24, 2.45) is 0 Å². The Morgan fingerprint density at radius 2 is 2.47 bits per heavy atom. The minimum Gasteiger partial charge on any atom is -0.489 e. The van der Waals surface area contributed by atoms with E-state index in [1.54, 1.807) is 6.20 Å². The number of terminal acetylenes is 1. The summed E-state index contributed by atoms with van der Waals surface area (Å²) in [6.45, 7) is 6.08. The standard InChI is InChI=1S/C11H17N3O/c1-4-5-12-6-7-15-11-8-13-14(9-11)10(2)3/h1,8-10,12H,5-7H2,2-3H3. The summed E-state index contributed by atoms with van der Waals surface area (Å²) in [6.07, 6.45) is 8.71. The van der Waals surface area contributed by atoms with Crippen LogP contribution in [0, 0.1) is 12.3 Å². The molecule has 0 aliphatic rings. The first-order valence-corrected chi connectivity index (χ1v) is 5.05. The molecule has 0 aliphatic carbocycles. The Labute approximate surface area is 90.6 Å². The van der Waals surface area contributed by atoms with Gasteiger partial charge >= 0.3 is 0 Å². The topological polar surface area (TPSA) is 39.1 Å². The lowest BCUT2D eigenvalue weighted by molar-refractivity contribution is 0.316. The van der Waals surface area contributed by atoms with Gasteiger partial charge in [0.05, 0.1) is 18.9 Å². The Hall–Kier alpha value is -1.47. The molecule has 0 atom stereocenters. The van der Waals surface area contributed by atoms with Crippen molar-refractivity contribution in [3.05, 3.63) is 12.4 Å². The molecule has 1 aromatic heterocycles. The van der Waals surface area contributed by atoms with Crippen molar-refractivity contribution in [2.75, 3.05) is 19.7 Å². The fourth-order valence-corrected chi connectivity index (χ4v) is 1.08. The summed E-state index contributed by atoms with van der Waals surface area (Å²) >= 11 is 0. The van der Waals surface area contributed by atoms with E-state index in [9.17, 15) is 0 Å². The predicted octanol–water partition coefficient (Wildman–Crippen LogP) is 1.07. The van der Waals surface area contributed by atoms with E-state index in [4.69, 9.17) is 11.2 Å². The average molecular weight is 207 g/mol. The Morgan fingerprint density at radius 3 is 3.07 bits per heavy atom. The average Bonchev–Trinajstić information content (AvgIpc) is 2.66. The van der Waals surface area contributed by atoms with Gasteiger partial charge in [0.25, 0.3) is 0 Å². The lowest BCUT2D eigenvalue weighted by atomic mass is 10.4. The van der Waals surface area contributed by atoms with Crippen LogP contribution in [0.15, 0.2) is 12.4 Å². The highest BCUT2D eigenvalue weighted by atomic mass is 16.5. The highest BCUT2D eigenvalue weighted by molar-refractivity contribution is 5.11. The predicted molar refractivity (Wildman–Crippen MR) is 59.8 cm³/mol. The second-order valence-electron chi connectivity index (χ2n) is 3.48. The summed E-state index contributed by atoms with van der Waals surface area (Å²) in [4.78, 5) is 0. The van der Waals surface area contributed by atoms with E-state index in [1.807, 2.05) is 10.9 Å². The first kappa shape index (κ1) is 11.6. The lowest BCUT2D eigenvalue weighted by Gasteiger charge is -2.04. The van der Waals surface area contributed by atoms with Crippen LogP contribution in [0.2, 0.25) is 0 Å². The molecular weight excluding hydrogens is 190 g/mol. The summed E-state index contributed by atoms with van der Waals surface area (Å²) in [5.41, 5.74) is 0. The van der Waals surface area contributed by atoms with E-state index in [1.165, 1.54) is 0 Å². The molecule has 0 amide bonds. The van der Waals surface area contributed by atoms with E-state index >= 15 is 0 Å². The number of nitrogens with one attached hydrogen (secondary N) is 1. The van der Waals surface area contributed by atoms with Gasteiger partial charge in [-0.05, 0) is 13.8 Å². The maximum Gasteiger partial charge on any atom is 0.157 e. The van der Waals surface area contributed by atoms with Crippen molar-refractivity contribution in [1.29, 1.82) is 0 Å². The van der Waals surface area contributed by atoms with Crippen LogP contribution in [0.1, 0.15) is 19.9 Å². The van der Waals surface area contributed by atoms with Gasteiger partial charge in [0.15, 0.2) is 5.75 Å². The third-order valence-electron chi connectivity index (χ3n) is 1.88. The van der Waals surface area contributed by atoms with Crippen molar-refractivity contribution in [1.82, 2.24) is 15.1 Å². The summed E-state index contributed by atoms with van der Waals surface area (Å²) in [7, 11) is 0. The van der Waals surface area contributed by atoms with Gasteiger partial charge in [-0.1, -0.05) is 5.92 Å². The van der Waals surface area contributed by atoms with Crippen molar-refractivity contribution >= 4 is 0 Å². The monoisotopic (exact) mass is 207 g/mol. The van der Waals surface area contributed by atoms with Crippen molar-refractivity contribution < 1.29 is 4.74 Å². The molecule has 1 N–H and O–H groups in total. The molecule has 0 aliphatic heterocycles. The molecule has 82 valence electrons. The summed E-state index contributed by atoms with van der Waals surface area (Å²) < 4.78 is 7.33. The van der Waals surface area contributed by atoms with Gasteiger partial charge < -0.3 is 10.1 Å². The first-order chi connectivity index (χ1) is 7.24. The molecule has 4 heteroatoms. The Kier molecular flexibility index (Phi) is 4.72. The molecule has 1 heterocycles. The summed E-state index contributed by atoms with van der Waals surface area (Å²) in [5.74, 6) is 3.30. The van der Waals surface area contributed by atoms with Crippen molar-refractivity contribution in [3.63, 3.8) is 0 Å². The number of ether oxygens (including phenoxy) is 1. The Bertz CT molecular complexity index is 325. The zero-order valence-electron chi connectivity index (χ0n) is 9.23. The minimum atomic E-state index is 0.363. The van der Waals surface area contributed by atoms with Gasteiger partial charge in [-0.25, -0.2) is 0 Å². The van der Waals surface area contributed by atoms with E-state index in [2.05, 4.69) is 30.2 Å². The number of rotatable bonds is 6. The number of hydrogen-bond acceptors (Lipinski definition) is 3. The molecule has 1 aromatic rings. The van der Waals surface area contributed by atoms with Crippen LogP contribution < -0.4 is 10.1 Å². The number of nitrogens with zero attached hydrogens (tertiary/aromatic N) is 2. The van der Waals surface area contributed by atoms with E-state index in [0.29, 0.717) is 19.2 Å². The highest BCUT2D eigenvalue weighted by Crippen LogP contribution is 2.11. The van der Waals surface area contributed by atoms with Crippen LogP contribution in [0.3, 0.4) is 0 Å². The summed E-state index contributed by atoms with van der Waals surface area (Å²) in [5, 5.41) is 7.22. The molecule has 0 fully saturated rings. The molecule has 0 aromatic carbocycles. The molecule has 4 nitrogen and oxygen atoms in total. The Balaban J connectivity index is 2.23. The van der Waals surface area contributed by atoms with Crippen molar-refractivity contribution in [2.45, 2.75) is 19.9 Å². The van der Waals surface area contributed by atoms with Crippen LogP contribution in [-0.2, 0) is 0 Å². The van der Waals surface area contributed by atoms with Gasteiger partial charge in [0.1, 0.15) is 6.61 Å². The number of hydrogen-bond donors (Lipinski definition) is 1. The van der Waals surface area contributed by atoms with E-state index < -0.39 is 0 Å². The van der Waals surface area contributed by atoms with Crippen LogP contribution in [0.5, 0.6) is 5.75 Å². The third-order valence-corrected chi connectivity index (χ3v) is 1.88. The maximum absolute atomic E-state index is 5.47. The second kappa shape index (κ2) is 6.10. The zero-order valence-corrected chi connectivity index (χ0v) is 9.23. The van der Waals surface area contributed by atoms with Crippen LogP contribution in [0.4, 0.5) is 0 Å². The molecule has 0 spiro atoms. The van der Waals surface area contributed by atoms with Crippen LogP contribution >= 0.6 is 0 Å². The van der Waals surface area contributed by atoms with E-state index in [-0.39, 0.29) is 0 Å². The van der Waals surface area contributed by atoms with Crippen molar-refractivity contribution in [3.8, 4) is 18.1 Å². The normalized spacial score (nSPS) is 10.3. The molecule has 0 saturated carbocycles.